The van der Waals surface area contributed by atoms with E-state index in [4.69, 9.17) is 16.3 Å². The van der Waals surface area contributed by atoms with E-state index in [0.717, 1.165) is 18.4 Å². The molecule has 0 bridgehead atoms. The second-order valence-electron chi connectivity index (χ2n) is 7.25. The molecule has 5 nitrogen and oxygen atoms in total. The Labute approximate surface area is 162 Å². The maximum absolute atomic E-state index is 12.7. The minimum atomic E-state index is -1.02. The number of nitro groups is 1. The molecule has 2 aromatic carbocycles. The molecule has 2 aromatic rings. The zero-order valence-electron chi connectivity index (χ0n) is 14.7. The molecule has 0 spiro atoms. The van der Waals surface area contributed by atoms with Crippen LogP contribution in [-0.4, -0.2) is 16.7 Å². The normalized spacial score (nSPS) is 27.5. The summed E-state index contributed by atoms with van der Waals surface area (Å²) in [6.45, 7) is 0. The molecule has 0 saturated heterocycles. The second kappa shape index (κ2) is 7.31. The van der Waals surface area contributed by atoms with Gasteiger partial charge in [-0.1, -0.05) is 48.4 Å². The Morgan fingerprint density at radius 2 is 1.81 bits per heavy atom. The summed E-state index contributed by atoms with van der Waals surface area (Å²) < 4.78 is 6.09. The van der Waals surface area contributed by atoms with Gasteiger partial charge in [-0.2, -0.15) is 0 Å². The van der Waals surface area contributed by atoms with Crippen LogP contribution in [-0.2, 0) is 4.79 Å². The number of hydrogen-bond acceptors (Lipinski definition) is 4. The molecule has 4 atom stereocenters. The fraction of sp³-hybridized carbons (Fsp3) is 0.381. The second-order valence-corrected chi connectivity index (χ2v) is 7.68. The first-order valence-corrected chi connectivity index (χ1v) is 9.61. The molecule has 1 heterocycles. The van der Waals surface area contributed by atoms with Crippen molar-refractivity contribution >= 4 is 17.4 Å². The maximum Gasteiger partial charge on any atom is 0.261 e. The Balaban J connectivity index is 1.84. The third-order valence-corrected chi connectivity index (χ3v) is 5.94. The van der Waals surface area contributed by atoms with Gasteiger partial charge in [0.15, 0.2) is 6.10 Å². The summed E-state index contributed by atoms with van der Waals surface area (Å²) in [5.74, 6) is -0.0731. The van der Waals surface area contributed by atoms with Crippen molar-refractivity contribution in [1.82, 2.24) is 0 Å². The third kappa shape index (κ3) is 3.32. The van der Waals surface area contributed by atoms with Crippen LogP contribution in [0.4, 0.5) is 0 Å². The molecule has 1 saturated carbocycles. The number of para-hydroxylation sites is 1. The van der Waals surface area contributed by atoms with Crippen molar-refractivity contribution in [1.29, 1.82) is 0 Å². The summed E-state index contributed by atoms with van der Waals surface area (Å²) in [6, 6.07) is 13.3. The van der Waals surface area contributed by atoms with Gasteiger partial charge in [0, 0.05) is 27.8 Å². The molecule has 140 valence electrons. The first kappa shape index (κ1) is 18.0. The van der Waals surface area contributed by atoms with E-state index < -0.39 is 18.1 Å². The quantitative estimate of drug-likeness (QED) is 0.553. The molecule has 0 N–H and O–H groups in total. The van der Waals surface area contributed by atoms with Crippen molar-refractivity contribution < 1.29 is 14.5 Å². The van der Waals surface area contributed by atoms with E-state index in [9.17, 15) is 14.9 Å². The lowest BCUT2D eigenvalue weighted by atomic mass is 9.69. The van der Waals surface area contributed by atoms with Gasteiger partial charge in [-0.15, -0.1) is 0 Å². The molecule has 27 heavy (non-hydrogen) atoms. The molecule has 1 aliphatic carbocycles. The minimum Gasteiger partial charge on any atom is -0.478 e. The summed E-state index contributed by atoms with van der Waals surface area (Å²) in [7, 11) is 0. The average Bonchev–Trinajstić information content (AvgIpc) is 2.67. The molecule has 6 heteroatoms. The smallest absolute Gasteiger partial charge is 0.261 e. The van der Waals surface area contributed by atoms with Crippen molar-refractivity contribution in [2.75, 3.05) is 0 Å². The van der Waals surface area contributed by atoms with Gasteiger partial charge < -0.3 is 4.74 Å². The maximum atomic E-state index is 12.7. The van der Waals surface area contributed by atoms with Crippen molar-refractivity contribution in [2.24, 2.45) is 5.92 Å². The van der Waals surface area contributed by atoms with E-state index in [0.29, 0.717) is 29.2 Å². The fourth-order valence-electron chi connectivity index (χ4n) is 4.45. The fourth-order valence-corrected chi connectivity index (χ4v) is 4.57. The molecular weight excluding hydrogens is 366 g/mol. The Bertz CT molecular complexity index is 867. The molecule has 0 aromatic heterocycles. The van der Waals surface area contributed by atoms with Crippen LogP contribution in [0.5, 0.6) is 5.75 Å². The van der Waals surface area contributed by atoms with E-state index in [1.165, 1.54) is 0 Å². The molecule has 0 unspecified atom stereocenters. The number of carbonyl (C=O) groups is 1. The highest BCUT2D eigenvalue weighted by molar-refractivity contribution is 6.30. The molecule has 1 aliphatic heterocycles. The number of nitrogens with zero attached hydrogens (tertiary/aromatic N) is 1. The lowest BCUT2D eigenvalue weighted by molar-refractivity contribution is -0.541. The summed E-state index contributed by atoms with van der Waals surface area (Å²) in [6.07, 6.45) is 2.22. The Morgan fingerprint density at radius 1 is 1.07 bits per heavy atom. The van der Waals surface area contributed by atoms with Crippen molar-refractivity contribution in [3.05, 3.63) is 74.8 Å². The standard InChI is InChI=1S/C21H20ClNO4/c22-14-11-9-13(10-12-14)21-20(23(25)26)19(15-5-1-3-7-17(15)24)16-6-2-4-8-18(16)27-21/h2,4,6,8-12,15,19-21H,1,3,5,7H2/t15-,19-,20+,21+/m0/s1. The monoisotopic (exact) mass is 385 g/mol. The molecule has 0 amide bonds. The number of fused-ring (bicyclic) bond motifs is 1. The van der Waals surface area contributed by atoms with Gasteiger partial charge in [0.2, 0.25) is 0 Å². The van der Waals surface area contributed by atoms with Crippen LogP contribution >= 0.6 is 11.6 Å². The van der Waals surface area contributed by atoms with Crippen LogP contribution in [0, 0.1) is 16.0 Å². The highest BCUT2D eigenvalue weighted by Gasteiger charge is 2.52. The number of carbonyl (C=O) groups excluding carboxylic acids is 1. The number of hydrogen-bond donors (Lipinski definition) is 0. The summed E-state index contributed by atoms with van der Waals surface area (Å²) >= 11 is 5.98. The molecular formula is C21H20ClNO4. The number of rotatable bonds is 3. The average molecular weight is 386 g/mol. The van der Waals surface area contributed by atoms with Gasteiger partial charge in [-0.3, -0.25) is 14.9 Å². The number of benzene rings is 2. The highest BCUT2D eigenvalue weighted by Crippen LogP contribution is 2.49. The molecule has 4 rings (SSSR count). The summed E-state index contributed by atoms with van der Waals surface area (Å²) in [5, 5.41) is 12.7. The lowest BCUT2D eigenvalue weighted by Gasteiger charge is -2.39. The third-order valence-electron chi connectivity index (χ3n) is 5.69. The number of halogens is 1. The first-order valence-electron chi connectivity index (χ1n) is 9.23. The van der Waals surface area contributed by atoms with Gasteiger partial charge in [0.1, 0.15) is 11.5 Å². The van der Waals surface area contributed by atoms with Gasteiger partial charge in [-0.05, 0) is 36.6 Å². The van der Waals surface area contributed by atoms with E-state index in [-0.39, 0.29) is 16.6 Å². The van der Waals surface area contributed by atoms with E-state index in [2.05, 4.69) is 0 Å². The molecule has 2 aliphatic rings. The van der Waals surface area contributed by atoms with E-state index in [1.54, 1.807) is 24.3 Å². The number of ether oxygens (including phenoxy) is 1. The van der Waals surface area contributed by atoms with Crippen molar-refractivity contribution in [2.45, 2.75) is 43.7 Å². The van der Waals surface area contributed by atoms with Gasteiger partial charge >= 0.3 is 0 Å². The van der Waals surface area contributed by atoms with Crippen molar-refractivity contribution in [3.8, 4) is 5.75 Å². The highest BCUT2D eigenvalue weighted by atomic mass is 35.5. The van der Waals surface area contributed by atoms with Crippen LogP contribution in [0.1, 0.15) is 48.8 Å². The molecule has 0 radical (unpaired) electrons. The van der Waals surface area contributed by atoms with Crippen LogP contribution in [0.3, 0.4) is 0 Å². The van der Waals surface area contributed by atoms with Crippen LogP contribution in [0.2, 0.25) is 5.02 Å². The summed E-state index contributed by atoms with van der Waals surface area (Å²) in [5.41, 5.74) is 1.47. The van der Waals surface area contributed by atoms with Crippen LogP contribution < -0.4 is 4.74 Å². The van der Waals surface area contributed by atoms with E-state index >= 15 is 0 Å². The Kier molecular flexibility index (Phi) is 4.87. The van der Waals surface area contributed by atoms with Gasteiger partial charge in [-0.25, -0.2) is 0 Å². The van der Waals surface area contributed by atoms with E-state index in [1.807, 2.05) is 24.3 Å². The Hall–Kier alpha value is -2.40. The van der Waals surface area contributed by atoms with Crippen LogP contribution in [0.15, 0.2) is 48.5 Å². The lowest BCUT2D eigenvalue weighted by Crippen LogP contribution is -2.45. The van der Waals surface area contributed by atoms with Gasteiger partial charge in [0.05, 0.1) is 5.92 Å². The minimum absolute atomic E-state index is 0.129. The number of ketones is 1. The zero-order chi connectivity index (χ0) is 19.0. The molecule has 1 fully saturated rings. The van der Waals surface area contributed by atoms with Crippen LogP contribution in [0.25, 0.3) is 0 Å². The first-order chi connectivity index (χ1) is 13.1. The zero-order valence-corrected chi connectivity index (χ0v) is 15.5. The summed E-state index contributed by atoms with van der Waals surface area (Å²) in [4.78, 5) is 24.6. The van der Waals surface area contributed by atoms with Crippen molar-refractivity contribution in [3.63, 3.8) is 0 Å². The topological polar surface area (TPSA) is 69.4 Å². The SMILES string of the molecule is O=C1CCCC[C@@H]1[C@H]1c2ccccc2O[C@H](c2ccc(Cl)cc2)[C@@H]1[N+](=O)[O-]. The predicted octanol–water partition coefficient (Wildman–Crippen LogP) is 4.96. The van der Waals surface area contributed by atoms with Gasteiger partial charge in [0.25, 0.3) is 6.04 Å². The number of Topliss-reactive ketones (excluding diaryl/α,β-unsaturated/α-hetero) is 1. The predicted molar refractivity (Wildman–Crippen MR) is 102 cm³/mol. The largest absolute Gasteiger partial charge is 0.478 e. The Morgan fingerprint density at radius 3 is 2.52 bits per heavy atom.